The molecule has 0 atom stereocenters. The number of nitriles is 1. The second-order valence-corrected chi connectivity index (χ2v) is 6.86. The fraction of sp³-hybridized carbons (Fsp3) is 0.0800. The van der Waals surface area contributed by atoms with Crippen LogP contribution in [0.2, 0.25) is 0 Å². The van der Waals surface area contributed by atoms with Crippen LogP contribution >= 0.6 is 0 Å². The lowest BCUT2D eigenvalue weighted by atomic mass is 10.1. The highest BCUT2D eigenvalue weighted by Crippen LogP contribution is 2.31. The molecule has 152 valence electrons. The zero-order valence-electron chi connectivity index (χ0n) is 16.9. The van der Waals surface area contributed by atoms with Crippen molar-refractivity contribution in [1.29, 1.82) is 5.26 Å². The Morgan fingerprint density at radius 2 is 1.71 bits per heavy atom. The molecule has 6 heteroatoms. The van der Waals surface area contributed by atoms with Crippen LogP contribution in [0.3, 0.4) is 0 Å². The Kier molecular flexibility index (Phi) is 5.77. The largest absolute Gasteiger partial charge is 0.497 e. The second kappa shape index (κ2) is 8.97. The van der Waals surface area contributed by atoms with Gasteiger partial charge in [0.15, 0.2) is 5.82 Å². The maximum Gasteiger partial charge on any atom is 0.256 e. The lowest BCUT2D eigenvalue weighted by Crippen LogP contribution is -2.15. The molecule has 0 unspecified atom stereocenters. The average molecular weight is 408 g/mol. The first-order valence-corrected chi connectivity index (χ1v) is 9.75. The molecule has 0 fully saturated rings. The van der Waals surface area contributed by atoms with Crippen LogP contribution in [0.15, 0.2) is 78.9 Å². The van der Waals surface area contributed by atoms with Gasteiger partial charge in [-0.15, -0.1) is 0 Å². The Morgan fingerprint density at radius 1 is 1.00 bits per heavy atom. The van der Waals surface area contributed by atoms with Crippen LogP contribution in [0.4, 0.5) is 11.5 Å². The van der Waals surface area contributed by atoms with Gasteiger partial charge in [0.1, 0.15) is 17.4 Å². The number of rotatable bonds is 6. The smallest absolute Gasteiger partial charge is 0.256 e. The summed E-state index contributed by atoms with van der Waals surface area (Å²) in [6.07, 6.45) is 0. The molecular weight excluding hydrogens is 388 g/mol. The fourth-order valence-electron chi connectivity index (χ4n) is 3.30. The average Bonchev–Trinajstić information content (AvgIpc) is 2.83. The van der Waals surface area contributed by atoms with E-state index in [4.69, 9.17) is 4.74 Å². The molecule has 3 aromatic carbocycles. The number of carbonyl (C=O) groups is 1. The summed E-state index contributed by atoms with van der Waals surface area (Å²) >= 11 is 0. The number of para-hydroxylation sites is 1. The van der Waals surface area contributed by atoms with Crippen molar-refractivity contribution in [2.24, 2.45) is 0 Å². The van der Waals surface area contributed by atoms with Crippen LogP contribution in [-0.2, 0) is 6.54 Å². The van der Waals surface area contributed by atoms with Crippen molar-refractivity contribution in [2.75, 3.05) is 17.7 Å². The van der Waals surface area contributed by atoms with Crippen molar-refractivity contribution in [1.82, 2.24) is 4.98 Å². The Labute approximate surface area is 180 Å². The third kappa shape index (κ3) is 4.31. The lowest BCUT2D eigenvalue weighted by Gasteiger charge is -2.15. The fourth-order valence-corrected chi connectivity index (χ4v) is 3.30. The van der Waals surface area contributed by atoms with Gasteiger partial charge in [0, 0.05) is 17.5 Å². The van der Waals surface area contributed by atoms with E-state index in [2.05, 4.69) is 21.7 Å². The van der Waals surface area contributed by atoms with Gasteiger partial charge in [-0.25, -0.2) is 4.98 Å². The topological polar surface area (TPSA) is 87.0 Å². The minimum absolute atomic E-state index is 0.220. The molecule has 0 spiro atoms. The van der Waals surface area contributed by atoms with E-state index < -0.39 is 0 Å². The van der Waals surface area contributed by atoms with Crippen LogP contribution in [0.25, 0.3) is 10.9 Å². The number of carbonyl (C=O) groups excluding carboxylic acids is 1. The molecule has 1 amide bonds. The highest BCUT2D eigenvalue weighted by molar-refractivity contribution is 6.07. The predicted octanol–water partition coefficient (Wildman–Crippen LogP) is 4.98. The normalized spacial score (nSPS) is 10.3. The summed E-state index contributed by atoms with van der Waals surface area (Å²) in [7, 11) is 1.57. The Morgan fingerprint density at radius 3 is 2.42 bits per heavy atom. The number of methoxy groups -OCH3 is 1. The summed E-state index contributed by atoms with van der Waals surface area (Å²) in [4.78, 5) is 17.3. The van der Waals surface area contributed by atoms with Gasteiger partial charge in [-0.3, -0.25) is 4.79 Å². The molecule has 4 aromatic rings. The van der Waals surface area contributed by atoms with Gasteiger partial charge in [-0.2, -0.15) is 5.26 Å². The van der Waals surface area contributed by atoms with Gasteiger partial charge in [-0.05, 0) is 35.9 Å². The molecular formula is C25H20N4O2. The summed E-state index contributed by atoms with van der Waals surface area (Å²) in [5.41, 5.74) is 3.13. The number of ether oxygens (including phenoxy) is 1. The third-order valence-corrected chi connectivity index (χ3v) is 4.90. The molecule has 0 aliphatic heterocycles. The molecule has 0 saturated carbocycles. The van der Waals surface area contributed by atoms with Crippen LogP contribution < -0.4 is 15.4 Å². The van der Waals surface area contributed by atoms with Gasteiger partial charge >= 0.3 is 0 Å². The summed E-state index contributed by atoms with van der Waals surface area (Å²) < 4.78 is 5.14. The predicted molar refractivity (Wildman–Crippen MR) is 121 cm³/mol. The van der Waals surface area contributed by atoms with E-state index in [9.17, 15) is 10.1 Å². The molecule has 0 radical (unpaired) electrons. The molecule has 1 heterocycles. The first kappa shape index (κ1) is 19.9. The number of nitrogens with one attached hydrogen (secondary N) is 2. The van der Waals surface area contributed by atoms with Gasteiger partial charge in [0.05, 0.1) is 18.3 Å². The van der Waals surface area contributed by atoms with Crippen molar-refractivity contribution in [3.63, 3.8) is 0 Å². The van der Waals surface area contributed by atoms with E-state index in [1.54, 1.807) is 31.4 Å². The monoisotopic (exact) mass is 408 g/mol. The highest BCUT2D eigenvalue weighted by atomic mass is 16.5. The van der Waals surface area contributed by atoms with E-state index >= 15 is 0 Å². The molecule has 31 heavy (non-hydrogen) atoms. The van der Waals surface area contributed by atoms with Gasteiger partial charge in [0.2, 0.25) is 0 Å². The number of fused-ring (bicyclic) bond motifs is 1. The number of amides is 1. The van der Waals surface area contributed by atoms with Crippen molar-refractivity contribution in [3.05, 3.63) is 95.6 Å². The number of pyridine rings is 1. The lowest BCUT2D eigenvalue weighted by molar-refractivity contribution is 0.102. The highest BCUT2D eigenvalue weighted by Gasteiger charge is 2.17. The summed E-state index contributed by atoms with van der Waals surface area (Å²) in [5.74, 6) is 0.527. The quantitative estimate of drug-likeness (QED) is 0.470. The van der Waals surface area contributed by atoms with E-state index in [-0.39, 0.29) is 17.3 Å². The first-order chi connectivity index (χ1) is 15.2. The molecule has 1 aromatic heterocycles. The summed E-state index contributed by atoms with van der Waals surface area (Å²) in [6, 6.07) is 26.4. The number of hydrogen-bond acceptors (Lipinski definition) is 5. The van der Waals surface area contributed by atoms with Gasteiger partial charge in [0.25, 0.3) is 5.91 Å². The standard InChI is InChI=1S/C25H20N4O2/c1-31-19-13-11-18(12-14-19)25(30)29-24-21(15-26)23(20-9-5-6-10-22(20)28-24)27-16-17-7-3-2-4-8-17/h2-14H,16H2,1H3,(H2,27,28,29,30). The molecule has 0 saturated heterocycles. The van der Waals surface area contributed by atoms with E-state index in [0.717, 1.165) is 10.9 Å². The minimum Gasteiger partial charge on any atom is -0.497 e. The van der Waals surface area contributed by atoms with E-state index in [1.807, 2.05) is 54.6 Å². The van der Waals surface area contributed by atoms with Gasteiger partial charge in [-0.1, -0.05) is 48.5 Å². The number of aromatic nitrogens is 1. The number of hydrogen-bond donors (Lipinski definition) is 2. The maximum absolute atomic E-state index is 12.8. The maximum atomic E-state index is 12.8. The number of anilines is 2. The minimum atomic E-state index is -0.351. The van der Waals surface area contributed by atoms with Crippen molar-refractivity contribution >= 4 is 28.3 Å². The second-order valence-electron chi connectivity index (χ2n) is 6.86. The molecule has 0 aliphatic rings. The van der Waals surface area contributed by atoms with Crippen molar-refractivity contribution in [2.45, 2.75) is 6.54 Å². The zero-order chi connectivity index (χ0) is 21.6. The van der Waals surface area contributed by atoms with Crippen molar-refractivity contribution < 1.29 is 9.53 Å². The molecule has 0 aliphatic carbocycles. The number of nitrogens with zero attached hydrogens (tertiary/aromatic N) is 2. The van der Waals surface area contributed by atoms with Crippen LogP contribution in [0, 0.1) is 11.3 Å². The summed E-state index contributed by atoms with van der Waals surface area (Å²) in [5, 5.41) is 16.9. The molecule has 4 rings (SSSR count). The zero-order valence-corrected chi connectivity index (χ0v) is 16.9. The molecule has 6 nitrogen and oxygen atoms in total. The Hall–Kier alpha value is -4.37. The van der Waals surface area contributed by atoms with Crippen molar-refractivity contribution in [3.8, 4) is 11.8 Å². The summed E-state index contributed by atoms with van der Waals surface area (Å²) in [6.45, 7) is 0.537. The van der Waals surface area contributed by atoms with Crippen LogP contribution in [0.1, 0.15) is 21.5 Å². The first-order valence-electron chi connectivity index (χ1n) is 9.75. The Balaban J connectivity index is 1.71. The Bertz CT molecular complexity index is 1260. The third-order valence-electron chi connectivity index (χ3n) is 4.90. The van der Waals surface area contributed by atoms with E-state index in [1.165, 1.54) is 0 Å². The number of benzene rings is 3. The van der Waals surface area contributed by atoms with Crippen LogP contribution in [0.5, 0.6) is 5.75 Å². The van der Waals surface area contributed by atoms with E-state index in [0.29, 0.717) is 29.1 Å². The van der Waals surface area contributed by atoms with Gasteiger partial charge < -0.3 is 15.4 Å². The molecule has 0 bridgehead atoms. The molecule has 2 N–H and O–H groups in total. The van der Waals surface area contributed by atoms with Crippen LogP contribution in [-0.4, -0.2) is 18.0 Å². The SMILES string of the molecule is COc1ccc(C(=O)Nc2nc3ccccc3c(NCc3ccccc3)c2C#N)cc1.